The van der Waals surface area contributed by atoms with Crippen molar-refractivity contribution in [3.63, 3.8) is 0 Å². The molecule has 9 heteroatoms. The summed E-state index contributed by atoms with van der Waals surface area (Å²) >= 11 is 0. The molecule has 1 spiro atoms. The summed E-state index contributed by atoms with van der Waals surface area (Å²) in [4.78, 5) is 48.3. The summed E-state index contributed by atoms with van der Waals surface area (Å²) < 4.78 is 12.6. The van der Waals surface area contributed by atoms with Crippen LogP contribution >= 0.6 is 0 Å². The van der Waals surface area contributed by atoms with Gasteiger partial charge in [-0.1, -0.05) is 19.1 Å². The van der Waals surface area contributed by atoms with Crippen molar-refractivity contribution in [1.82, 2.24) is 4.90 Å². The molecule has 9 nitrogen and oxygen atoms in total. The molecule has 1 aromatic rings. The minimum Gasteiger partial charge on any atom is -0.465 e. The number of aliphatic hydroxyl groups excluding tert-OH is 1. The van der Waals surface area contributed by atoms with Crippen LogP contribution in [0.4, 0.5) is 11.4 Å². The van der Waals surface area contributed by atoms with Gasteiger partial charge in [-0.3, -0.25) is 14.4 Å². The van der Waals surface area contributed by atoms with Gasteiger partial charge in [0.15, 0.2) is 0 Å². The first-order valence-electron chi connectivity index (χ1n) is 16.4. The summed E-state index contributed by atoms with van der Waals surface area (Å²) in [5.41, 5.74) is -0.195. The number of benzene rings is 1. The van der Waals surface area contributed by atoms with E-state index >= 15 is 0 Å². The molecule has 3 aliphatic rings. The lowest BCUT2D eigenvalue weighted by Crippen LogP contribution is -2.56. The number of allylic oxidation sites excluding steroid dienone is 1. The monoisotopic (exact) mass is 609 g/mol. The molecule has 1 aromatic carbocycles. The van der Waals surface area contributed by atoms with Crippen LogP contribution in [-0.4, -0.2) is 84.4 Å². The number of carbonyl (C=O) groups is 3. The minimum absolute atomic E-state index is 0.00700. The maximum atomic E-state index is 14.7. The third-order valence-electron chi connectivity index (χ3n) is 9.89. The summed E-state index contributed by atoms with van der Waals surface area (Å²) in [6, 6.07) is 6.99. The summed E-state index contributed by atoms with van der Waals surface area (Å²) in [6.07, 6.45) is 8.63. The highest BCUT2D eigenvalue weighted by Crippen LogP contribution is 2.64. The first-order chi connectivity index (χ1) is 21.3. The maximum Gasteiger partial charge on any atom is 0.312 e. The topological polar surface area (TPSA) is 99.6 Å². The third-order valence-corrected chi connectivity index (χ3v) is 9.89. The van der Waals surface area contributed by atoms with E-state index in [0.717, 1.165) is 31.6 Å². The summed E-state index contributed by atoms with van der Waals surface area (Å²) in [7, 11) is 0. The van der Waals surface area contributed by atoms with Gasteiger partial charge in [0.2, 0.25) is 5.91 Å². The molecule has 3 saturated heterocycles. The number of nitrogens with zero attached hydrogens (tertiary/aromatic N) is 3. The SMILES string of the molecule is C=CCCCCOC(=O)[C@@H]1[C@H]2C(=O)N(CCCCO)C(C(=O)N(CC=C)c3ccc(N(CC)CC)cc3)C23CC[C@@]1(CC)O3. The number of amides is 2. The molecule has 0 saturated carbocycles. The molecule has 1 N–H and O–H groups in total. The van der Waals surface area contributed by atoms with Gasteiger partial charge in [0.05, 0.1) is 18.1 Å². The largest absolute Gasteiger partial charge is 0.465 e. The van der Waals surface area contributed by atoms with Gasteiger partial charge in [0.25, 0.3) is 5.91 Å². The molecular formula is C35H51N3O6. The van der Waals surface area contributed by atoms with E-state index in [1.54, 1.807) is 15.9 Å². The quantitative estimate of drug-likeness (QED) is 0.144. The molecule has 242 valence electrons. The number of likely N-dealkylation sites (tertiary alicyclic amines) is 1. The normalized spacial score (nSPS) is 26.9. The fraction of sp³-hybridized carbons (Fsp3) is 0.629. The lowest BCUT2D eigenvalue weighted by molar-refractivity contribution is -0.161. The van der Waals surface area contributed by atoms with E-state index in [0.29, 0.717) is 50.8 Å². The van der Waals surface area contributed by atoms with Crippen LogP contribution in [-0.2, 0) is 23.9 Å². The first kappa shape index (κ1) is 33.7. The Morgan fingerprint density at radius 2 is 1.75 bits per heavy atom. The average molecular weight is 610 g/mol. The number of aliphatic hydroxyl groups is 1. The summed E-state index contributed by atoms with van der Waals surface area (Å²) in [6.45, 7) is 16.4. The number of hydrogen-bond donors (Lipinski definition) is 1. The van der Waals surface area contributed by atoms with E-state index in [-0.39, 0.29) is 31.6 Å². The van der Waals surface area contributed by atoms with E-state index in [1.807, 2.05) is 37.3 Å². The Labute approximate surface area is 262 Å². The molecular weight excluding hydrogens is 558 g/mol. The van der Waals surface area contributed by atoms with Crippen molar-refractivity contribution in [3.05, 3.63) is 49.6 Å². The van der Waals surface area contributed by atoms with Crippen LogP contribution in [0.1, 0.15) is 72.1 Å². The molecule has 3 fully saturated rings. The Hall–Kier alpha value is -3.17. The molecule has 4 rings (SSSR count). The number of fused-ring (bicyclic) bond motifs is 1. The second-order valence-electron chi connectivity index (χ2n) is 12.2. The zero-order chi connectivity index (χ0) is 31.9. The van der Waals surface area contributed by atoms with Crippen molar-refractivity contribution in [2.75, 3.05) is 49.2 Å². The third kappa shape index (κ3) is 6.05. The van der Waals surface area contributed by atoms with E-state index in [9.17, 15) is 19.5 Å². The van der Waals surface area contributed by atoms with Crippen LogP contribution in [0.15, 0.2) is 49.6 Å². The highest BCUT2D eigenvalue weighted by molar-refractivity contribution is 6.05. The number of ether oxygens (including phenoxy) is 2. The smallest absolute Gasteiger partial charge is 0.312 e. The molecule has 3 aliphatic heterocycles. The molecule has 0 aliphatic carbocycles. The Balaban J connectivity index is 1.70. The van der Waals surface area contributed by atoms with Gasteiger partial charge in [-0.25, -0.2) is 0 Å². The summed E-state index contributed by atoms with van der Waals surface area (Å²) in [5.74, 6) is -2.46. The van der Waals surface area contributed by atoms with Crippen LogP contribution in [0.25, 0.3) is 0 Å². The molecule has 0 radical (unpaired) electrons. The molecule has 5 atom stereocenters. The molecule has 2 amide bonds. The molecule has 2 unspecified atom stereocenters. The van der Waals surface area contributed by atoms with Crippen LogP contribution < -0.4 is 9.80 Å². The van der Waals surface area contributed by atoms with E-state index in [2.05, 4.69) is 31.9 Å². The van der Waals surface area contributed by atoms with Crippen LogP contribution in [0.2, 0.25) is 0 Å². The van der Waals surface area contributed by atoms with Crippen LogP contribution in [0, 0.1) is 11.8 Å². The predicted octanol–water partition coefficient (Wildman–Crippen LogP) is 4.88. The number of rotatable bonds is 18. The lowest BCUT2D eigenvalue weighted by Gasteiger charge is -2.37. The van der Waals surface area contributed by atoms with Crippen molar-refractivity contribution in [2.45, 2.75) is 89.4 Å². The Morgan fingerprint density at radius 1 is 1.05 bits per heavy atom. The average Bonchev–Trinajstić information content (AvgIpc) is 3.64. The van der Waals surface area contributed by atoms with Crippen molar-refractivity contribution in [2.24, 2.45) is 11.8 Å². The molecule has 0 aromatic heterocycles. The Morgan fingerprint density at radius 3 is 2.36 bits per heavy atom. The Kier molecular flexibility index (Phi) is 11.3. The molecule has 2 bridgehead atoms. The van der Waals surface area contributed by atoms with Gasteiger partial charge in [-0.05, 0) is 89.5 Å². The van der Waals surface area contributed by atoms with Crippen molar-refractivity contribution in [1.29, 1.82) is 0 Å². The number of carbonyl (C=O) groups excluding carboxylic acids is 3. The highest BCUT2D eigenvalue weighted by Gasteiger charge is 2.79. The fourth-order valence-electron chi connectivity index (χ4n) is 7.68. The highest BCUT2D eigenvalue weighted by atomic mass is 16.6. The van der Waals surface area contributed by atoms with Crippen molar-refractivity contribution < 1.29 is 29.0 Å². The number of esters is 1. The number of hydrogen-bond acceptors (Lipinski definition) is 7. The van der Waals surface area contributed by atoms with Crippen LogP contribution in [0.5, 0.6) is 0 Å². The number of anilines is 2. The van der Waals surface area contributed by atoms with Crippen LogP contribution in [0.3, 0.4) is 0 Å². The van der Waals surface area contributed by atoms with Gasteiger partial charge in [0.1, 0.15) is 17.6 Å². The van der Waals surface area contributed by atoms with Gasteiger partial charge < -0.3 is 29.3 Å². The molecule has 44 heavy (non-hydrogen) atoms. The van der Waals surface area contributed by atoms with Gasteiger partial charge in [-0.2, -0.15) is 0 Å². The lowest BCUT2D eigenvalue weighted by atomic mass is 9.65. The standard InChI is InChI=1S/C35H51N3O6/c1-6-11-12-15-25-43-33(42)29-28-31(40)38(23-13-14-24-39)30(35(28)21-20-34(29,8-3)44-35)32(41)37(22-7-2)27-18-16-26(17-19-27)36(9-4)10-5/h6-7,16-19,28-30,39H,1-2,8-15,20-25H2,3-5H3/t28-,29-,30?,34+,35?/m0/s1. The predicted molar refractivity (Wildman–Crippen MR) is 172 cm³/mol. The summed E-state index contributed by atoms with van der Waals surface area (Å²) in [5, 5.41) is 9.48. The van der Waals surface area contributed by atoms with Crippen molar-refractivity contribution in [3.8, 4) is 0 Å². The minimum atomic E-state index is -1.13. The van der Waals surface area contributed by atoms with Gasteiger partial charge in [0, 0.05) is 44.2 Å². The number of unbranched alkanes of at least 4 members (excludes halogenated alkanes) is 3. The van der Waals surface area contributed by atoms with E-state index < -0.39 is 35.0 Å². The van der Waals surface area contributed by atoms with Gasteiger partial charge >= 0.3 is 5.97 Å². The Bertz CT molecular complexity index is 1180. The maximum absolute atomic E-state index is 14.7. The first-order valence-corrected chi connectivity index (χ1v) is 16.4. The zero-order valence-electron chi connectivity index (χ0n) is 26.8. The van der Waals surface area contributed by atoms with E-state index in [4.69, 9.17) is 9.47 Å². The van der Waals surface area contributed by atoms with Gasteiger partial charge in [-0.15, -0.1) is 13.2 Å². The van der Waals surface area contributed by atoms with Crippen molar-refractivity contribution >= 4 is 29.2 Å². The molecule has 3 heterocycles. The second-order valence-corrected chi connectivity index (χ2v) is 12.2. The zero-order valence-corrected chi connectivity index (χ0v) is 26.8. The fourth-order valence-corrected chi connectivity index (χ4v) is 7.68. The van der Waals surface area contributed by atoms with E-state index in [1.165, 1.54) is 0 Å². The second kappa shape index (κ2) is 14.7.